The molecular formula is C18H16Cl2N4S. The van der Waals surface area contributed by atoms with Crippen molar-refractivity contribution >= 4 is 41.6 Å². The first kappa shape index (κ1) is 17.9. The Labute approximate surface area is 161 Å². The summed E-state index contributed by atoms with van der Waals surface area (Å²) in [7, 11) is 0. The van der Waals surface area contributed by atoms with E-state index in [0.717, 1.165) is 16.7 Å². The lowest BCUT2D eigenvalue weighted by Gasteiger charge is -2.07. The van der Waals surface area contributed by atoms with E-state index in [4.69, 9.17) is 35.4 Å². The van der Waals surface area contributed by atoms with Gasteiger partial charge in [0.25, 0.3) is 0 Å². The number of halogens is 2. The van der Waals surface area contributed by atoms with Crippen LogP contribution in [0.5, 0.6) is 0 Å². The third-order valence-corrected chi connectivity index (χ3v) is 4.67. The molecule has 0 saturated carbocycles. The summed E-state index contributed by atoms with van der Waals surface area (Å²) in [5.74, 6) is 0.533. The molecule has 0 fully saturated rings. The molecule has 7 heteroatoms. The second kappa shape index (κ2) is 7.12. The summed E-state index contributed by atoms with van der Waals surface area (Å²) in [5, 5.41) is 12.6. The molecule has 0 atom stereocenters. The molecule has 25 heavy (non-hydrogen) atoms. The Balaban J connectivity index is 2.08. The highest BCUT2D eigenvalue weighted by Gasteiger charge is 2.12. The van der Waals surface area contributed by atoms with Crippen molar-refractivity contribution in [2.24, 2.45) is 5.10 Å². The molecule has 0 amide bonds. The van der Waals surface area contributed by atoms with Crippen molar-refractivity contribution < 1.29 is 0 Å². The summed E-state index contributed by atoms with van der Waals surface area (Å²) < 4.78 is 1.95. The minimum Gasteiger partial charge on any atom is -0.250 e. The molecule has 0 aliphatic rings. The predicted octanol–water partition coefficient (Wildman–Crippen LogP) is 5.72. The highest BCUT2D eigenvalue weighted by Crippen LogP contribution is 2.29. The normalized spacial score (nSPS) is 11.4. The van der Waals surface area contributed by atoms with Gasteiger partial charge in [-0.1, -0.05) is 40.9 Å². The number of nitrogens with one attached hydrogen (secondary N) is 1. The maximum atomic E-state index is 6.29. The molecule has 0 saturated heterocycles. The standard InChI is InChI=1S/C18H16Cl2N4S/c1-10-6-11(2)15(12(3)7-10)9-21-24-17(22-23-18(24)25)14-5-4-13(19)8-16(14)20/h4-9H,1-3H3,(H,23,25)/b21-9-. The zero-order valence-corrected chi connectivity index (χ0v) is 16.3. The Morgan fingerprint density at radius 2 is 1.80 bits per heavy atom. The molecule has 3 rings (SSSR count). The molecule has 0 radical (unpaired) electrons. The molecule has 0 aliphatic carbocycles. The first-order chi connectivity index (χ1) is 11.9. The van der Waals surface area contributed by atoms with Gasteiger partial charge in [0.2, 0.25) is 4.77 Å². The minimum absolute atomic E-state index is 0.389. The molecule has 3 aromatic rings. The second-order valence-electron chi connectivity index (χ2n) is 5.85. The maximum absolute atomic E-state index is 6.29. The molecule has 0 spiro atoms. The van der Waals surface area contributed by atoms with E-state index in [2.05, 4.69) is 48.2 Å². The summed E-state index contributed by atoms with van der Waals surface area (Å²) >= 11 is 17.6. The number of benzene rings is 2. The zero-order chi connectivity index (χ0) is 18.1. The van der Waals surface area contributed by atoms with Crippen molar-refractivity contribution in [3.8, 4) is 11.4 Å². The van der Waals surface area contributed by atoms with Gasteiger partial charge in [-0.2, -0.15) is 14.9 Å². The maximum Gasteiger partial charge on any atom is 0.216 e. The van der Waals surface area contributed by atoms with Crippen LogP contribution in [0.15, 0.2) is 35.4 Å². The summed E-state index contributed by atoms with van der Waals surface area (Å²) in [6.07, 6.45) is 1.79. The Morgan fingerprint density at radius 3 is 2.44 bits per heavy atom. The van der Waals surface area contributed by atoms with Crippen molar-refractivity contribution in [3.63, 3.8) is 0 Å². The summed E-state index contributed by atoms with van der Waals surface area (Å²) in [6.45, 7) is 6.20. The molecule has 0 bridgehead atoms. The fraction of sp³-hybridized carbons (Fsp3) is 0.167. The summed E-state index contributed by atoms with van der Waals surface area (Å²) in [5.41, 5.74) is 5.29. The van der Waals surface area contributed by atoms with Crippen molar-refractivity contribution in [2.45, 2.75) is 20.8 Å². The third-order valence-electron chi connectivity index (χ3n) is 3.86. The minimum atomic E-state index is 0.389. The highest BCUT2D eigenvalue weighted by molar-refractivity contribution is 7.71. The molecule has 1 heterocycles. The average Bonchev–Trinajstić information content (AvgIpc) is 2.87. The van der Waals surface area contributed by atoms with Crippen LogP contribution < -0.4 is 0 Å². The van der Waals surface area contributed by atoms with Gasteiger partial charge < -0.3 is 0 Å². The topological polar surface area (TPSA) is 46.0 Å². The van der Waals surface area contributed by atoms with Gasteiger partial charge in [-0.15, -0.1) is 0 Å². The lowest BCUT2D eigenvalue weighted by atomic mass is 10.0. The molecule has 0 unspecified atom stereocenters. The molecular weight excluding hydrogens is 375 g/mol. The van der Waals surface area contributed by atoms with Gasteiger partial charge in [0.1, 0.15) is 0 Å². The van der Waals surface area contributed by atoms with E-state index in [1.54, 1.807) is 29.1 Å². The smallest absolute Gasteiger partial charge is 0.216 e. The number of rotatable bonds is 3. The van der Waals surface area contributed by atoms with Crippen LogP contribution in [0.3, 0.4) is 0 Å². The van der Waals surface area contributed by atoms with Gasteiger partial charge in [0.05, 0.1) is 11.2 Å². The first-order valence-corrected chi connectivity index (χ1v) is 8.78. The summed E-state index contributed by atoms with van der Waals surface area (Å²) in [4.78, 5) is 0. The van der Waals surface area contributed by atoms with Crippen molar-refractivity contribution in [2.75, 3.05) is 0 Å². The number of aromatic amines is 1. The second-order valence-corrected chi connectivity index (χ2v) is 7.08. The van der Waals surface area contributed by atoms with Crippen LogP contribution in [0.25, 0.3) is 11.4 Å². The van der Waals surface area contributed by atoms with E-state index in [-0.39, 0.29) is 0 Å². The van der Waals surface area contributed by atoms with E-state index < -0.39 is 0 Å². The first-order valence-electron chi connectivity index (χ1n) is 7.62. The Bertz CT molecular complexity index is 1010. The van der Waals surface area contributed by atoms with Crippen molar-refractivity contribution in [1.29, 1.82) is 0 Å². The van der Waals surface area contributed by atoms with Crippen molar-refractivity contribution in [3.05, 3.63) is 67.4 Å². The quantitative estimate of drug-likeness (QED) is 0.458. The van der Waals surface area contributed by atoms with Crippen LogP contribution in [-0.4, -0.2) is 21.1 Å². The van der Waals surface area contributed by atoms with Gasteiger partial charge in [-0.25, -0.2) is 5.10 Å². The van der Waals surface area contributed by atoms with E-state index in [9.17, 15) is 0 Å². The van der Waals surface area contributed by atoms with Gasteiger partial charge in [-0.3, -0.25) is 0 Å². The number of nitrogens with zero attached hydrogens (tertiary/aromatic N) is 3. The van der Waals surface area contributed by atoms with Crippen LogP contribution >= 0.6 is 35.4 Å². The lowest BCUT2D eigenvalue weighted by molar-refractivity contribution is 0.871. The predicted molar refractivity (Wildman–Crippen MR) is 107 cm³/mol. The van der Waals surface area contributed by atoms with Crippen LogP contribution in [0, 0.1) is 25.5 Å². The fourth-order valence-corrected chi connectivity index (χ4v) is 3.43. The number of hydrogen-bond donors (Lipinski definition) is 1. The Morgan fingerprint density at radius 1 is 1.12 bits per heavy atom. The molecule has 0 aliphatic heterocycles. The largest absolute Gasteiger partial charge is 0.250 e. The fourth-order valence-electron chi connectivity index (χ4n) is 2.75. The summed E-state index contributed by atoms with van der Waals surface area (Å²) in [6, 6.07) is 9.46. The van der Waals surface area contributed by atoms with Gasteiger partial charge in [0.15, 0.2) is 5.82 Å². The Kier molecular flexibility index (Phi) is 5.08. The molecule has 4 nitrogen and oxygen atoms in total. The zero-order valence-electron chi connectivity index (χ0n) is 14.0. The van der Waals surface area contributed by atoms with Crippen LogP contribution in [0.4, 0.5) is 0 Å². The lowest BCUT2D eigenvalue weighted by Crippen LogP contribution is -1.98. The van der Waals surface area contributed by atoms with Crippen LogP contribution in [0.1, 0.15) is 22.3 Å². The molecule has 128 valence electrons. The van der Waals surface area contributed by atoms with Gasteiger partial charge >= 0.3 is 0 Å². The van der Waals surface area contributed by atoms with Crippen molar-refractivity contribution in [1.82, 2.24) is 14.9 Å². The van der Waals surface area contributed by atoms with Gasteiger partial charge in [0, 0.05) is 16.1 Å². The van der Waals surface area contributed by atoms with Crippen LogP contribution in [0.2, 0.25) is 10.0 Å². The van der Waals surface area contributed by atoms with E-state index in [1.807, 2.05) is 0 Å². The number of aromatic nitrogens is 3. The van der Waals surface area contributed by atoms with E-state index >= 15 is 0 Å². The number of hydrogen-bond acceptors (Lipinski definition) is 3. The molecule has 1 N–H and O–H groups in total. The van der Waals surface area contributed by atoms with Crippen LogP contribution in [-0.2, 0) is 0 Å². The SMILES string of the molecule is Cc1cc(C)c(/C=N\n2c(-c3ccc(Cl)cc3Cl)n[nH]c2=S)c(C)c1. The average molecular weight is 391 g/mol. The highest BCUT2D eigenvalue weighted by atomic mass is 35.5. The third kappa shape index (κ3) is 3.68. The van der Waals surface area contributed by atoms with E-state index in [0.29, 0.717) is 26.2 Å². The van der Waals surface area contributed by atoms with E-state index in [1.165, 1.54) is 5.56 Å². The Hall–Kier alpha value is -1.95. The molecule has 2 aromatic carbocycles. The molecule has 1 aromatic heterocycles. The monoisotopic (exact) mass is 390 g/mol. The van der Waals surface area contributed by atoms with Gasteiger partial charge in [-0.05, 0) is 62.3 Å². The number of H-pyrrole nitrogens is 1. The number of aryl methyl sites for hydroxylation is 3.